The van der Waals surface area contributed by atoms with Gasteiger partial charge in [0, 0.05) is 12.6 Å². The van der Waals surface area contributed by atoms with Crippen molar-refractivity contribution < 1.29 is 19.5 Å². The summed E-state index contributed by atoms with van der Waals surface area (Å²) in [6.07, 6.45) is 1.46. The van der Waals surface area contributed by atoms with E-state index in [2.05, 4.69) is 10.1 Å². The number of aromatic nitrogens is 1. The Balaban J connectivity index is 2.29. The van der Waals surface area contributed by atoms with Crippen LogP contribution in [-0.2, 0) is 6.42 Å². The van der Waals surface area contributed by atoms with Crippen molar-refractivity contribution in [3.8, 4) is 0 Å². The minimum Gasteiger partial charge on any atom is -0.478 e. The Morgan fingerprint density at radius 3 is 2.75 bits per heavy atom. The number of oxime groups is 1. The van der Waals surface area contributed by atoms with Crippen molar-refractivity contribution in [1.29, 1.82) is 0 Å². The minimum absolute atomic E-state index is 0.0374. The van der Waals surface area contributed by atoms with Crippen molar-refractivity contribution in [3.63, 3.8) is 0 Å². The summed E-state index contributed by atoms with van der Waals surface area (Å²) >= 11 is 0. The lowest BCUT2D eigenvalue weighted by Crippen LogP contribution is -2.10. The van der Waals surface area contributed by atoms with Gasteiger partial charge in [-0.05, 0) is 29.8 Å². The molecule has 6 heteroatoms. The zero-order chi connectivity index (χ0) is 14.5. The van der Waals surface area contributed by atoms with E-state index in [1.165, 1.54) is 30.5 Å². The van der Waals surface area contributed by atoms with Gasteiger partial charge in [-0.15, -0.1) is 0 Å². The molecule has 0 saturated heterocycles. The molecule has 1 aromatic heterocycles. The summed E-state index contributed by atoms with van der Waals surface area (Å²) in [5, 5.41) is 21.1. The topological polar surface area (TPSA) is 82.8 Å². The number of rotatable bonds is 4. The van der Waals surface area contributed by atoms with E-state index in [0.29, 0.717) is 5.56 Å². The molecule has 0 atom stereocenters. The fourth-order valence-electron chi connectivity index (χ4n) is 1.74. The van der Waals surface area contributed by atoms with Crippen LogP contribution in [0.15, 0.2) is 47.8 Å². The smallest absolute Gasteiger partial charge is 0.335 e. The highest BCUT2D eigenvalue weighted by molar-refractivity contribution is 6.01. The molecule has 102 valence electrons. The average Bonchev–Trinajstić information content (AvgIpc) is 2.45. The number of hydrogen-bond donors (Lipinski definition) is 2. The lowest BCUT2D eigenvalue weighted by atomic mass is 10.0. The second-order valence-electron chi connectivity index (χ2n) is 4.09. The van der Waals surface area contributed by atoms with Gasteiger partial charge in [0.2, 0.25) is 0 Å². The number of pyridine rings is 1. The molecule has 0 aliphatic carbocycles. The zero-order valence-corrected chi connectivity index (χ0v) is 10.3. The maximum absolute atomic E-state index is 13.1. The molecule has 0 unspecified atom stereocenters. The van der Waals surface area contributed by atoms with Gasteiger partial charge in [0.05, 0.1) is 11.3 Å². The Hall–Kier alpha value is -2.76. The summed E-state index contributed by atoms with van der Waals surface area (Å²) in [6.45, 7) is 0. The van der Waals surface area contributed by atoms with E-state index in [-0.39, 0.29) is 23.4 Å². The van der Waals surface area contributed by atoms with Crippen LogP contribution in [0.25, 0.3) is 0 Å². The summed E-state index contributed by atoms with van der Waals surface area (Å²) in [5.74, 6) is -1.50. The van der Waals surface area contributed by atoms with Gasteiger partial charge in [0.25, 0.3) is 0 Å². The van der Waals surface area contributed by atoms with Crippen LogP contribution < -0.4 is 0 Å². The number of benzene rings is 1. The highest BCUT2D eigenvalue weighted by atomic mass is 19.1. The molecular formula is C14H11FN2O3. The summed E-state index contributed by atoms with van der Waals surface area (Å²) in [5.41, 5.74) is 1.03. The average molecular weight is 274 g/mol. The summed E-state index contributed by atoms with van der Waals surface area (Å²) < 4.78 is 13.1. The Labute approximate surface area is 114 Å². The molecule has 0 bridgehead atoms. The molecule has 5 nitrogen and oxygen atoms in total. The first-order chi connectivity index (χ1) is 9.60. The third-order valence-electron chi connectivity index (χ3n) is 2.68. The van der Waals surface area contributed by atoms with Gasteiger partial charge >= 0.3 is 5.97 Å². The molecule has 1 heterocycles. The lowest BCUT2D eigenvalue weighted by molar-refractivity contribution is 0.0696. The van der Waals surface area contributed by atoms with Gasteiger partial charge in [-0.3, -0.25) is 4.98 Å². The van der Waals surface area contributed by atoms with Crippen LogP contribution in [0.3, 0.4) is 0 Å². The molecule has 0 aliphatic heterocycles. The number of aromatic carboxylic acids is 1. The van der Waals surface area contributed by atoms with E-state index in [1.54, 1.807) is 12.1 Å². The second-order valence-corrected chi connectivity index (χ2v) is 4.09. The largest absolute Gasteiger partial charge is 0.478 e. The maximum Gasteiger partial charge on any atom is 0.335 e. The van der Waals surface area contributed by atoms with Crippen LogP contribution >= 0.6 is 0 Å². The van der Waals surface area contributed by atoms with Gasteiger partial charge in [-0.1, -0.05) is 17.3 Å². The first kappa shape index (κ1) is 13.7. The third-order valence-corrected chi connectivity index (χ3v) is 2.68. The second kappa shape index (κ2) is 5.92. The molecule has 0 saturated carbocycles. The monoisotopic (exact) mass is 274 g/mol. The van der Waals surface area contributed by atoms with E-state index >= 15 is 0 Å². The zero-order valence-electron chi connectivity index (χ0n) is 10.3. The summed E-state index contributed by atoms with van der Waals surface area (Å²) in [6, 6.07) is 8.48. The third kappa shape index (κ3) is 3.17. The number of halogens is 1. The Bertz CT molecular complexity index is 671. The lowest BCUT2D eigenvalue weighted by Gasteiger charge is -2.05. The molecule has 0 fully saturated rings. The van der Waals surface area contributed by atoms with E-state index in [4.69, 9.17) is 10.3 Å². The first-order valence-electron chi connectivity index (χ1n) is 5.75. The van der Waals surface area contributed by atoms with Crippen molar-refractivity contribution >= 4 is 11.7 Å². The Morgan fingerprint density at radius 1 is 1.30 bits per heavy atom. The number of hydrogen-bond acceptors (Lipinski definition) is 4. The molecule has 20 heavy (non-hydrogen) atoms. The van der Waals surface area contributed by atoms with E-state index in [1.807, 2.05) is 0 Å². The standard InChI is InChI=1S/C14H11FN2O3/c15-11-3-1-2-9(6-11)7-13(17-20)12-8-10(14(18)19)4-5-16-12/h1-6,8,20H,7H2,(H,18,19)/b17-13+. The number of carbonyl (C=O) groups is 1. The van der Waals surface area contributed by atoms with E-state index in [9.17, 15) is 9.18 Å². The van der Waals surface area contributed by atoms with Crippen LogP contribution in [0.2, 0.25) is 0 Å². The maximum atomic E-state index is 13.1. The SMILES string of the molecule is O=C(O)c1ccnc(/C(Cc2cccc(F)c2)=N/O)c1. The predicted molar refractivity (Wildman–Crippen MR) is 69.6 cm³/mol. The van der Waals surface area contributed by atoms with E-state index < -0.39 is 11.8 Å². The molecule has 0 radical (unpaired) electrons. The quantitative estimate of drug-likeness (QED) is 0.509. The summed E-state index contributed by atoms with van der Waals surface area (Å²) in [4.78, 5) is 14.9. The fourth-order valence-corrected chi connectivity index (χ4v) is 1.74. The molecule has 2 aromatic rings. The van der Waals surface area contributed by atoms with Crippen LogP contribution in [0, 0.1) is 5.82 Å². The molecule has 2 rings (SSSR count). The first-order valence-corrected chi connectivity index (χ1v) is 5.75. The molecule has 0 aliphatic rings. The number of nitrogens with zero attached hydrogens (tertiary/aromatic N) is 2. The van der Waals surface area contributed by atoms with Crippen molar-refractivity contribution in [3.05, 3.63) is 65.2 Å². The normalized spacial score (nSPS) is 11.3. The summed E-state index contributed by atoms with van der Waals surface area (Å²) in [7, 11) is 0. The van der Waals surface area contributed by atoms with Crippen LogP contribution in [0.1, 0.15) is 21.6 Å². The minimum atomic E-state index is -1.10. The van der Waals surface area contributed by atoms with Gasteiger partial charge in [-0.2, -0.15) is 0 Å². The van der Waals surface area contributed by atoms with Gasteiger partial charge in [-0.25, -0.2) is 9.18 Å². The van der Waals surface area contributed by atoms with E-state index in [0.717, 1.165) is 0 Å². The van der Waals surface area contributed by atoms with Crippen molar-refractivity contribution in [2.45, 2.75) is 6.42 Å². The number of carboxylic acid groups (broad SMARTS) is 1. The van der Waals surface area contributed by atoms with Crippen LogP contribution in [0.4, 0.5) is 4.39 Å². The Kier molecular flexibility index (Phi) is 4.05. The molecule has 1 aromatic carbocycles. The fraction of sp³-hybridized carbons (Fsp3) is 0.0714. The van der Waals surface area contributed by atoms with Crippen molar-refractivity contribution in [2.75, 3.05) is 0 Å². The molecule has 0 amide bonds. The van der Waals surface area contributed by atoms with Gasteiger partial charge in [0.1, 0.15) is 11.5 Å². The highest BCUT2D eigenvalue weighted by Crippen LogP contribution is 2.10. The highest BCUT2D eigenvalue weighted by Gasteiger charge is 2.11. The van der Waals surface area contributed by atoms with Crippen molar-refractivity contribution in [1.82, 2.24) is 4.98 Å². The molecule has 2 N–H and O–H groups in total. The van der Waals surface area contributed by atoms with Crippen molar-refractivity contribution in [2.24, 2.45) is 5.16 Å². The van der Waals surface area contributed by atoms with Gasteiger partial charge < -0.3 is 10.3 Å². The molecular weight excluding hydrogens is 263 g/mol. The van der Waals surface area contributed by atoms with Crippen LogP contribution in [0.5, 0.6) is 0 Å². The predicted octanol–water partition coefficient (Wildman–Crippen LogP) is 2.34. The number of carboxylic acids is 1. The Morgan fingerprint density at radius 2 is 2.10 bits per heavy atom. The van der Waals surface area contributed by atoms with Crippen LogP contribution in [-0.4, -0.2) is 27.0 Å². The molecule has 0 spiro atoms. The van der Waals surface area contributed by atoms with Gasteiger partial charge in [0.15, 0.2) is 0 Å².